The number of benzene rings is 1. The van der Waals surface area contributed by atoms with Crippen molar-refractivity contribution in [3.63, 3.8) is 0 Å². The third kappa shape index (κ3) is 4.10. The molecule has 0 aromatic heterocycles. The molecule has 8 heteroatoms. The normalized spacial score (nSPS) is 16.4. The molecule has 0 saturated carbocycles. The third-order valence-corrected chi connectivity index (χ3v) is 6.05. The highest BCUT2D eigenvalue weighted by Crippen LogP contribution is 2.23. The molecule has 1 aromatic carbocycles. The van der Waals surface area contributed by atoms with Crippen LogP contribution in [0.2, 0.25) is 0 Å². The van der Waals surface area contributed by atoms with E-state index in [9.17, 15) is 22.0 Å². The van der Waals surface area contributed by atoms with Gasteiger partial charge in [-0.25, -0.2) is 17.2 Å². The molecule has 1 heterocycles. The second-order valence-corrected chi connectivity index (χ2v) is 7.67. The van der Waals surface area contributed by atoms with Crippen LogP contribution < -0.4 is 0 Å². The van der Waals surface area contributed by atoms with Crippen molar-refractivity contribution in [2.45, 2.75) is 37.5 Å². The van der Waals surface area contributed by atoms with Crippen molar-refractivity contribution in [2.75, 3.05) is 26.2 Å². The minimum atomic E-state index is -4.25. The maximum absolute atomic E-state index is 13.8. The van der Waals surface area contributed by atoms with Crippen LogP contribution in [0, 0.1) is 11.6 Å². The molecule has 134 valence electrons. The first kappa shape index (κ1) is 18.8. The van der Waals surface area contributed by atoms with Gasteiger partial charge in [0, 0.05) is 32.6 Å². The number of piperazine rings is 1. The molecule has 0 radical (unpaired) electrons. The summed E-state index contributed by atoms with van der Waals surface area (Å²) >= 11 is 0. The molecule has 0 aliphatic carbocycles. The molecule has 24 heavy (non-hydrogen) atoms. The summed E-state index contributed by atoms with van der Waals surface area (Å²) in [7, 11) is -4.25. The third-order valence-electron chi connectivity index (χ3n) is 4.10. The van der Waals surface area contributed by atoms with Gasteiger partial charge in [-0.3, -0.25) is 4.79 Å². The number of halogens is 2. The van der Waals surface area contributed by atoms with Crippen molar-refractivity contribution in [3.05, 3.63) is 29.8 Å². The van der Waals surface area contributed by atoms with E-state index in [0.717, 1.165) is 41.8 Å². The zero-order valence-electron chi connectivity index (χ0n) is 13.7. The number of carbonyl (C=O) groups is 1. The molecule has 0 bridgehead atoms. The first-order chi connectivity index (χ1) is 11.4. The molecule has 0 atom stereocenters. The van der Waals surface area contributed by atoms with Crippen LogP contribution in [0.3, 0.4) is 0 Å². The highest BCUT2D eigenvalue weighted by Gasteiger charge is 2.33. The van der Waals surface area contributed by atoms with Gasteiger partial charge in [0.25, 0.3) is 0 Å². The summed E-state index contributed by atoms with van der Waals surface area (Å²) < 4.78 is 53.5. The highest BCUT2D eigenvalue weighted by atomic mass is 32.2. The molecule has 5 nitrogen and oxygen atoms in total. The van der Waals surface area contributed by atoms with Crippen molar-refractivity contribution >= 4 is 15.9 Å². The second kappa shape index (κ2) is 8.02. The van der Waals surface area contributed by atoms with Crippen LogP contribution in [0.5, 0.6) is 0 Å². The summed E-state index contributed by atoms with van der Waals surface area (Å²) in [5.74, 6) is -2.21. The average Bonchev–Trinajstić information content (AvgIpc) is 2.54. The summed E-state index contributed by atoms with van der Waals surface area (Å²) in [6.07, 6.45) is 3.26. The van der Waals surface area contributed by atoms with Gasteiger partial charge in [0.1, 0.15) is 11.6 Å². The first-order valence-electron chi connectivity index (χ1n) is 8.10. The van der Waals surface area contributed by atoms with E-state index in [0.29, 0.717) is 6.42 Å². The van der Waals surface area contributed by atoms with E-state index in [1.165, 1.54) is 0 Å². The Hall–Kier alpha value is -1.54. The molecule has 2 rings (SSSR count). The number of sulfonamides is 1. The molecule has 1 amide bonds. The number of unbranched alkanes of at least 4 members (excludes halogenated alkanes) is 2. The Morgan fingerprint density at radius 2 is 1.67 bits per heavy atom. The minimum absolute atomic E-state index is 0.00225. The lowest BCUT2D eigenvalue weighted by Crippen LogP contribution is -2.50. The molecular weight excluding hydrogens is 338 g/mol. The Kier molecular flexibility index (Phi) is 6.28. The number of amides is 1. The quantitative estimate of drug-likeness (QED) is 0.732. The van der Waals surface area contributed by atoms with Gasteiger partial charge in [0.05, 0.1) is 0 Å². The monoisotopic (exact) mass is 360 g/mol. The lowest BCUT2D eigenvalue weighted by Gasteiger charge is -2.34. The van der Waals surface area contributed by atoms with Gasteiger partial charge in [-0.1, -0.05) is 25.8 Å². The van der Waals surface area contributed by atoms with Gasteiger partial charge in [0.15, 0.2) is 4.90 Å². The predicted molar refractivity (Wildman–Crippen MR) is 85.8 cm³/mol. The molecule has 1 aromatic rings. The minimum Gasteiger partial charge on any atom is -0.340 e. The van der Waals surface area contributed by atoms with E-state index in [1.807, 2.05) is 0 Å². The molecule has 1 aliphatic heterocycles. The average molecular weight is 360 g/mol. The SMILES string of the molecule is CCCCCC(=O)N1CCN(S(=O)(=O)c2c(F)cccc2F)CC1. The van der Waals surface area contributed by atoms with Gasteiger partial charge in [-0.2, -0.15) is 4.31 Å². The van der Waals surface area contributed by atoms with Gasteiger partial charge in [-0.15, -0.1) is 0 Å². The van der Waals surface area contributed by atoms with Gasteiger partial charge in [0.2, 0.25) is 15.9 Å². The van der Waals surface area contributed by atoms with Crippen LogP contribution in [0.1, 0.15) is 32.6 Å². The van der Waals surface area contributed by atoms with Gasteiger partial charge in [-0.05, 0) is 18.6 Å². The van der Waals surface area contributed by atoms with Crippen molar-refractivity contribution in [3.8, 4) is 0 Å². The zero-order chi connectivity index (χ0) is 17.7. The summed E-state index contributed by atoms with van der Waals surface area (Å²) in [6, 6.07) is 2.96. The predicted octanol–water partition coefficient (Wildman–Crippen LogP) is 2.38. The van der Waals surface area contributed by atoms with Crippen LogP contribution >= 0.6 is 0 Å². The van der Waals surface area contributed by atoms with Crippen molar-refractivity contribution in [2.24, 2.45) is 0 Å². The van der Waals surface area contributed by atoms with Crippen molar-refractivity contribution in [1.29, 1.82) is 0 Å². The Morgan fingerprint density at radius 3 is 2.21 bits per heavy atom. The maximum Gasteiger partial charge on any atom is 0.249 e. The number of hydrogen-bond acceptors (Lipinski definition) is 3. The van der Waals surface area contributed by atoms with E-state index in [4.69, 9.17) is 0 Å². The highest BCUT2D eigenvalue weighted by molar-refractivity contribution is 7.89. The number of rotatable bonds is 6. The molecule has 0 N–H and O–H groups in total. The van der Waals surface area contributed by atoms with Crippen molar-refractivity contribution in [1.82, 2.24) is 9.21 Å². The largest absolute Gasteiger partial charge is 0.340 e. The fraction of sp³-hybridized carbons (Fsp3) is 0.562. The van der Waals surface area contributed by atoms with E-state index >= 15 is 0 Å². The van der Waals surface area contributed by atoms with Crippen molar-refractivity contribution < 1.29 is 22.0 Å². The summed E-state index contributed by atoms with van der Waals surface area (Å²) in [5.41, 5.74) is 0. The topological polar surface area (TPSA) is 57.7 Å². The summed E-state index contributed by atoms with van der Waals surface area (Å²) in [4.78, 5) is 12.7. The molecule has 0 spiro atoms. The summed E-state index contributed by atoms with van der Waals surface area (Å²) in [5, 5.41) is 0. The Labute approximate surface area is 141 Å². The smallest absolute Gasteiger partial charge is 0.249 e. The van der Waals surface area contributed by atoms with E-state index in [-0.39, 0.29) is 32.1 Å². The first-order valence-corrected chi connectivity index (χ1v) is 9.54. The lowest BCUT2D eigenvalue weighted by atomic mass is 10.2. The van der Waals surface area contributed by atoms with Crippen LogP contribution in [-0.4, -0.2) is 49.7 Å². The van der Waals surface area contributed by atoms with Gasteiger partial charge >= 0.3 is 0 Å². The fourth-order valence-electron chi connectivity index (χ4n) is 2.72. The molecule has 0 unspecified atom stereocenters. The molecular formula is C16H22F2N2O3S. The standard InChI is InChI=1S/C16H22F2N2O3S/c1-2-3-4-8-15(21)19-9-11-20(12-10-19)24(22,23)16-13(17)6-5-7-14(16)18/h5-7H,2-4,8-12H2,1H3. The summed E-state index contributed by atoms with van der Waals surface area (Å²) in [6.45, 7) is 2.60. The number of hydrogen-bond donors (Lipinski definition) is 0. The van der Waals surface area contributed by atoms with E-state index in [2.05, 4.69) is 6.92 Å². The van der Waals surface area contributed by atoms with E-state index in [1.54, 1.807) is 4.90 Å². The fourth-order valence-corrected chi connectivity index (χ4v) is 4.25. The number of carbonyl (C=O) groups excluding carboxylic acids is 1. The number of nitrogens with zero attached hydrogens (tertiary/aromatic N) is 2. The molecule has 1 aliphatic rings. The van der Waals surface area contributed by atoms with Crippen LogP contribution in [0.25, 0.3) is 0 Å². The maximum atomic E-state index is 13.8. The van der Waals surface area contributed by atoms with Crippen LogP contribution in [0.4, 0.5) is 8.78 Å². The Morgan fingerprint density at radius 1 is 1.08 bits per heavy atom. The molecule has 1 fully saturated rings. The Bertz CT molecular complexity index is 666. The van der Waals surface area contributed by atoms with E-state index < -0.39 is 26.6 Å². The van der Waals surface area contributed by atoms with Crippen LogP contribution in [0.15, 0.2) is 23.1 Å². The lowest BCUT2D eigenvalue weighted by molar-refractivity contribution is -0.132. The Balaban J connectivity index is 2.02. The van der Waals surface area contributed by atoms with Crippen LogP contribution in [-0.2, 0) is 14.8 Å². The molecule has 1 saturated heterocycles. The van der Waals surface area contributed by atoms with Gasteiger partial charge < -0.3 is 4.90 Å². The zero-order valence-corrected chi connectivity index (χ0v) is 14.5. The second-order valence-electron chi connectivity index (χ2n) is 5.79.